The molecule has 2 rings (SSSR count). The van der Waals surface area contributed by atoms with Gasteiger partial charge in [-0.2, -0.15) is 0 Å². The molecule has 0 aliphatic heterocycles. The summed E-state index contributed by atoms with van der Waals surface area (Å²) < 4.78 is 0. The molecule has 0 amide bonds. The molecule has 2 nitrogen and oxygen atoms in total. The summed E-state index contributed by atoms with van der Waals surface area (Å²) in [5.41, 5.74) is 2.56. The van der Waals surface area contributed by atoms with Gasteiger partial charge in [-0.3, -0.25) is 4.99 Å². The molecule has 0 radical (unpaired) electrons. The number of halogens is 1. The standard InChI is InChI=1S/C19H20ClNO/c1-19(2,3)15-12-16(20)18(22)17(13-15)21-11-7-10-14-8-5-4-6-9-14/h4-13,22H,1-3H3/b10-7+,21-11?. The molecule has 2 aromatic carbocycles. The third-order valence-electron chi connectivity index (χ3n) is 3.30. The minimum Gasteiger partial charge on any atom is -0.504 e. The zero-order chi connectivity index (χ0) is 16.2. The van der Waals surface area contributed by atoms with E-state index in [1.807, 2.05) is 48.6 Å². The number of allylic oxidation sites excluding steroid dienone is 1. The monoisotopic (exact) mass is 313 g/mol. The van der Waals surface area contributed by atoms with Crippen molar-refractivity contribution in [3.05, 3.63) is 64.7 Å². The van der Waals surface area contributed by atoms with Gasteiger partial charge in [0.15, 0.2) is 5.75 Å². The van der Waals surface area contributed by atoms with Gasteiger partial charge in [0.05, 0.1) is 5.02 Å². The van der Waals surface area contributed by atoms with Gasteiger partial charge in [0.2, 0.25) is 0 Å². The number of hydrogen-bond acceptors (Lipinski definition) is 2. The Balaban J connectivity index is 2.24. The number of phenolic OH excluding ortho intramolecular Hbond substituents is 1. The number of hydrogen-bond donors (Lipinski definition) is 1. The molecule has 0 aliphatic rings. The number of aromatic hydroxyl groups is 1. The lowest BCUT2D eigenvalue weighted by Gasteiger charge is -2.20. The van der Waals surface area contributed by atoms with Crippen molar-refractivity contribution in [2.45, 2.75) is 26.2 Å². The number of aliphatic imine (C=N–C) groups is 1. The first kappa shape index (κ1) is 16.3. The van der Waals surface area contributed by atoms with Gasteiger partial charge in [-0.1, -0.05) is 68.8 Å². The van der Waals surface area contributed by atoms with E-state index in [4.69, 9.17) is 11.6 Å². The highest BCUT2D eigenvalue weighted by atomic mass is 35.5. The third kappa shape index (κ3) is 4.22. The lowest BCUT2D eigenvalue weighted by atomic mass is 9.87. The summed E-state index contributed by atoms with van der Waals surface area (Å²) in [5.74, 6) is 0.0130. The summed E-state index contributed by atoms with van der Waals surface area (Å²) in [4.78, 5) is 4.31. The molecular weight excluding hydrogens is 294 g/mol. The molecule has 0 unspecified atom stereocenters. The fraction of sp³-hybridized carbons (Fsp3) is 0.211. The van der Waals surface area contributed by atoms with Gasteiger partial charge < -0.3 is 5.11 Å². The van der Waals surface area contributed by atoms with Crippen molar-refractivity contribution in [1.29, 1.82) is 0 Å². The molecule has 1 N–H and O–H groups in total. The first-order chi connectivity index (χ1) is 10.4. The molecule has 0 saturated carbocycles. The molecular formula is C19H20ClNO. The van der Waals surface area contributed by atoms with Crippen molar-refractivity contribution in [1.82, 2.24) is 0 Å². The Morgan fingerprint density at radius 3 is 2.41 bits per heavy atom. The van der Waals surface area contributed by atoms with Crippen LogP contribution in [-0.4, -0.2) is 11.3 Å². The second-order valence-corrected chi connectivity index (χ2v) is 6.53. The predicted octanol–water partition coefficient (Wildman–Crippen LogP) is 5.76. The van der Waals surface area contributed by atoms with Gasteiger partial charge in [0.1, 0.15) is 5.69 Å². The average molecular weight is 314 g/mol. The maximum Gasteiger partial charge on any atom is 0.159 e. The summed E-state index contributed by atoms with van der Waals surface area (Å²) in [6.07, 6.45) is 5.45. The van der Waals surface area contributed by atoms with E-state index >= 15 is 0 Å². The Kier molecular flexibility index (Phi) is 5.04. The van der Waals surface area contributed by atoms with Gasteiger partial charge >= 0.3 is 0 Å². The van der Waals surface area contributed by atoms with Crippen molar-refractivity contribution in [2.24, 2.45) is 4.99 Å². The molecule has 0 aliphatic carbocycles. The lowest BCUT2D eigenvalue weighted by Crippen LogP contribution is -2.10. The van der Waals surface area contributed by atoms with E-state index in [-0.39, 0.29) is 11.2 Å². The molecule has 0 spiro atoms. The summed E-state index contributed by atoms with van der Waals surface area (Å²) >= 11 is 6.09. The highest BCUT2D eigenvalue weighted by Crippen LogP contribution is 2.38. The zero-order valence-corrected chi connectivity index (χ0v) is 13.8. The van der Waals surface area contributed by atoms with E-state index in [9.17, 15) is 5.11 Å². The Hall–Kier alpha value is -2.06. The van der Waals surface area contributed by atoms with Gasteiger partial charge in [-0.15, -0.1) is 0 Å². The maximum atomic E-state index is 10.0. The predicted molar refractivity (Wildman–Crippen MR) is 95.4 cm³/mol. The average Bonchev–Trinajstić information content (AvgIpc) is 2.47. The molecule has 3 heteroatoms. The van der Waals surface area contributed by atoms with Crippen LogP contribution in [0, 0.1) is 0 Å². The van der Waals surface area contributed by atoms with Crippen LogP contribution in [0.25, 0.3) is 6.08 Å². The molecule has 0 aromatic heterocycles. The van der Waals surface area contributed by atoms with E-state index in [0.717, 1.165) is 11.1 Å². The van der Waals surface area contributed by atoms with Gasteiger partial charge in [-0.05, 0) is 34.8 Å². The number of phenols is 1. The van der Waals surface area contributed by atoms with E-state index < -0.39 is 0 Å². The van der Waals surface area contributed by atoms with E-state index in [0.29, 0.717) is 10.7 Å². The van der Waals surface area contributed by atoms with Crippen LogP contribution in [0.2, 0.25) is 5.02 Å². The fourth-order valence-corrected chi connectivity index (χ4v) is 2.17. The highest BCUT2D eigenvalue weighted by molar-refractivity contribution is 6.32. The zero-order valence-electron chi connectivity index (χ0n) is 13.0. The van der Waals surface area contributed by atoms with Crippen molar-refractivity contribution in [2.75, 3.05) is 0 Å². The molecule has 0 saturated heterocycles. The fourth-order valence-electron chi connectivity index (χ4n) is 1.96. The van der Waals surface area contributed by atoms with Crippen LogP contribution in [0.1, 0.15) is 31.9 Å². The molecule has 22 heavy (non-hydrogen) atoms. The molecule has 0 heterocycles. The summed E-state index contributed by atoms with van der Waals surface area (Å²) in [5, 5.41) is 10.4. The summed E-state index contributed by atoms with van der Waals surface area (Å²) in [7, 11) is 0. The van der Waals surface area contributed by atoms with E-state index in [2.05, 4.69) is 25.8 Å². The van der Waals surface area contributed by atoms with Crippen molar-refractivity contribution in [3.63, 3.8) is 0 Å². The Bertz CT molecular complexity index is 697. The number of benzene rings is 2. The first-order valence-corrected chi connectivity index (χ1v) is 7.54. The number of nitrogens with zero attached hydrogens (tertiary/aromatic N) is 1. The van der Waals surface area contributed by atoms with Crippen LogP contribution in [0.15, 0.2) is 53.5 Å². The summed E-state index contributed by atoms with van der Waals surface area (Å²) in [6.45, 7) is 6.29. The van der Waals surface area contributed by atoms with E-state index in [1.54, 1.807) is 12.3 Å². The van der Waals surface area contributed by atoms with Gasteiger partial charge in [0, 0.05) is 6.21 Å². The largest absolute Gasteiger partial charge is 0.504 e. The second kappa shape index (κ2) is 6.80. The number of rotatable bonds is 3. The van der Waals surface area contributed by atoms with Crippen LogP contribution in [0.4, 0.5) is 5.69 Å². The topological polar surface area (TPSA) is 32.6 Å². The molecule has 0 fully saturated rings. The van der Waals surface area contributed by atoms with E-state index in [1.165, 1.54) is 0 Å². The van der Waals surface area contributed by atoms with Gasteiger partial charge in [-0.25, -0.2) is 0 Å². The third-order valence-corrected chi connectivity index (χ3v) is 3.59. The van der Waals surface area contributed by atoms with Crippen LogP contribution < -0.4 is 0 Å². The minimum atomic E-state index is -0.0541. The quantitative estimate of drug-likeness (QED) is 0.718. The molecule has 0 atom stereocenters. The summed E-state index contributed by atoms with van der Waals surface area (Å²) in [6, 6.07) is 13.6. The molecule has 2 aromatic rings. The smallest absolute Gasteiger partial charge is 0.159 e. The van der Waals surface area contributed by atoms with Crippen LogP contribution in [0.5, 0.6) is 5.75 Å². The molecule has 114 valence electrons. The SMILES string of the molecule is CC(C)(C)c1cc(Cl)c(O)c(N=C/C=C/c2ccccc2)c1. The van der Waals surface area contributed by atoms with Crippen LogP contribution in [-0.2, 0) is 5.41 Å². The van der Waals surface area contributed by atoms with Crippen molar-refractivity contribution < 1.29 is 5.11 Å². The normalized spacial score (nSPS) is 12.4. The Morgan fingerprint density at radius 2 is 1.77 bits per heavy atom. The lowest BCUT2D eigenvalue weighted by molar-refractivity contribution is 0.476. The molecule has 0 bridgehead atoms. The minimum absolute atomic E-state index is 0.0130. The Labute approximate surface area is 136 Å². The Morgan fingerprint density at radius 1 is 1.09 bits per heavy atom. The van der Waals surface area contributed by atoms with Gasteiger partial charge in [0.25, 0.3) is 0 Å². The van der Waals surface area contributed by atoms with Crippen molar-refractivity contribution >= 4 is 29.6 Å². The maximum absolute atomic E-state index is 10.0. The van der Waals surface area contributed by atoms with Crippen LogP contribution >= 0.6 is 11.6 Å². The second-order valence-electron chi connectivity index (χ2n) is 6.12. The van der Waals surface area contributed by atoms with Crippen LogP contribution in [0.3, 0.4) is 0 Å². The highest BCUT2D eigenvalue weighted by Gasteiger charge is 2.17. The van der Waals surface area contributed by atoms with Crippen molar-refractivity contribution in [3.8, 4) is 5.75 Å². The first-order valence-electron chi connectivity index (χ1n) is 7.17.